The molecule has 0 saturated heterocycles. The van der Waals surface area contributed by atoms with Crippen LogP contribution >= 0.6 is 23.1 Å². The SMILES string of the molecule is Cc1nc(SCC(=O)c2cc(C)n(Cc3ccco3)c2C)c2c3c(sc2n1)CCCC3. The Morgan fingerprint density at radius 3 is 2.87 bits per heavy atom. The van der Waals surface area contributed by atoms with Gasteiger partial charge >= 0.3 is 0 Å². The highest BCUT2D eigenvalue weighted by atomic mass is 32.2. The third-order valence-electron chi connectivity index (χ3n) is 6.00. The summed E-state index contributed by atoms with van der Waals surface area (Å²) in [7, 11) is 0. The van der Waals surface area contributed by atoms with Crippen LogP contribution in [0.2, 0.25) is 0 Å². The Balaban J connectivity index is 1.40. The number of carbonyl (C=O) groups excluding carboxylic acids is 1. The van der Waals surface area contributed by atoms with Gasteiger partial charge in [-0.05, 0) is 70.2 Å². The molecule has 160 valence electrons. The van der Waals surface area contributed by atoms with Crippen LogP contribution in [-0.4, -0.2) is 26.1 Å². The fourth-order valence-corrected chi connectivity index (χ4v) is 6.78. The number of aryl methyl sites for hydroxylation is 4. The number of aromatic nitrogens is 3. The van der Waals surface area contributed by atoms with Gasteiger partial charge in [0.25, 0.3) is 0 Å². The zero-order valence-corrected chi connectivity index (χ0v) is 19.7. The third kappa shape index (κ3) is 3.85. The highest BCUT2D eigenvalue weighted by Crippen LogP contribution is 2.39. The maximum Gasteiger partial charge on any atom is 0.174 e. The molecular formula is C24H25N3O2S2. The van der Waals surface area contributed by atoms with Gasteiger partial charge in [0.1, 0.15) is 21.4 Å². The van der Waals surface area contributed by atoms with Gasteiger partial charge in [-0.2, -0.15) is 0 Å². The fourth-order valence-electron chi connectivity index (χ4n) is 4.43. The normalized spacial score (nSPS) is 13.6. The standard InChI is InChI=1S/C24H25N3O2S2/c1-14-11-19(15(2)27(14)12-17-7-6-10-29-17)20(28)13-30-23-22-18-8-4-5-9-21(18)31-24(22)26-16(3)25-23/h6-7,10-11H,4-5,8-9,12-13H2,1-3H3. The number of thioether (sulfide) groups is 1. The summed E-state index contributed by atoms with van der Waals surface area (Å²) < 4.78 is 7.63. The number of hydrogen-bond donors (Lipinski definition) is 0. The summed E-state index contributed by atoms with van der Waals surface area (Å²) in [6.07, 6.45) is 6.38. The van der Waals surface area contributed by atoms with E-state index in [1.165, 1.54) is 28.7 Å². The molecule has 0 unspecified atom stereocenters. The predicted molar refractivity (Wildman–Crippen MR) is 126 cm³/mol. The van der Waals surface area contributed by atoms with E-state index < -0.39 is 0 Å². The lowest BCUT2D eigenvalue weighted by Gasteiger charge is -2.11. The van der Waals surface area contributed by atoms with Crippen molar-refractivity contribution in [2.24, 2.45) is 0 Å². The Morgan fingerprint density at radius 1 is 1.23 bits per heavy atom. The average molecular weight is 452 g/mol. The average Bonchev–Trinajstić information content (AvgIpc) is 3.46. The van der Waals surface area contributed by atoms with Crippen molar-refractivity contribution in [1.82, 2.24) is 14.5 Å². The lowest BCUT2D eigenvalue weighted by molar-refractivity contribution is 0.102. The Kier molecular flexibility index (Phi) is 5.48. The van der Waals surface area contributed by atoms with Crippen molar-refractivity contribution in [2.75, 3.05) is 5.75 Å². The van der Waals surface area contributed by atoms with Gasteiger partial charge in [0.2, 0.25) is 0 Å². The van der Waals surface area contributed by atoms with Crippen LogP contribution in [0, 0.1) is 20.8 Å². The fraction of sp³-hybridized carbons (Fsp3) is 0.375. The Labute approximate surface area is 189 Å². The van der Waals surface area contributed by atoms with Gasteiger partial charge in [-0.15, -0.1) is 11.3 Å². The summed E-state index contributed by atoms with van der Waals surface area (Å²) in [5.74, 6) is 2.17. The van der Waals surface area contributed by atoms with Gasteiger partial charge in [-0.25, -0.2) is 9.97 Å². The molecule has 0 saturated carbocycles. The first-order valence-electron chi connectivity index (χ1n) is 10.6. The van der Waals surface area contributed by atoms with Crippen molar-refractivity contribution in [3.8, 4) is 0 Å². The van der Waals surface area contributed by atoms with Gasteiger partial charge < -0.3 is 8.98 Å². The number of hydrogen-bond acceptors (Lipinski definition) is 6. The molecule has 1 aliphatic rings. The summed E-state index contributed by atoms with van der Waals surface area (Å²) in [5, 5.41) is 2.14. The number of furan rings is 1. The van der Waals surface area contributed by atoms with E-state index in [4.69, 9.17) is 9.40 Å². The zero-order valence-electron chi connectivity index (χ0n) is 18.0. The molecule has 0 fully saturated rings. The number of ketones is 1. The topological polar surface area (TPSA) is 60.9 Å². The van der Waals surface area contributed by atoms with Crippen LogP contribution < -0.4 is 0 Å². The molecule has 0 N–H and O–H groups in total. The van der Waals surface area contributed by atoms with E-state index in [0.29, 0.717) is 12.3 Å². The van der Waals surface area contributed by atoms with E-state index in [2.05, 4.69) is 9.55 Å². The summed E-state index contributed by atoms with van der Waals surface area (Å²) in [6, 6.07) is 5.84. The van der Waals surface area contributed by atoms with E-state index in [-0.39, 0.29) is 5.78 Å². The van der Waals surface area contributed by atoms with E-state index in [1.54, 1.807) is 29.4 Å². The molecule has 7 heteroatoms. The van der Waals surface area contributed by atoms with Crippen molar-refractivity contribution in [3.63, 3.8) is 0 Å². The molecule has 0 spiro atoms. The Hall–Kier alpha value is -2.38. The smallest absolute Gasteiger partial charge is 0.174 e. The zero-order chi connectivity index (χ0) is 21.5. The van der Waals surface area contributed by atoms with Crippen LogP contribution in [0.15, 0.2) is 33.9 Å². The molecule has 0 atom stereocenters. The number of rotatable bonds is 6. The first-order chi connectivity index (χ1) is 15.0. The molecule has 0 radical (unpaired) electrons. The van der Waals surface area contributed by atoms with Crippen molar-refractivity contribution in [1.29, 1.82) is 0 Å². The summed E-state index contributed by atoms with van der Waals surface area (Å²) in [5.41, 5.74) is 4.25. The van der Waals surface area contributed by atoms with Crippen molar-refractivity contribution in [2.45, 2.75) is 58.0 Å². The minimum absolute atomic E-state index is 0.136. The van der Waals surface area contributed by atoms with Gasteiger partial charge in [0.05, 0.1) is 18.6 Å². The maximum absolute atomic E-state index is 13.2. The molecule has 31 heavy (non-hydrogen) atoms. The Bertz CT molecular complexity index is 1270. The second kappa shape index (κ2) is 8.28. The molecule has 4 heterocycles. The molecule has 5 nitrogen and oxygen atoms in total. The van der Waals surface area contributed by atoms with Crippen LogP contribution in [0.5, 0.6) is 0 Å². The number of Topliss-reactive ketones (excluding diaryl/α,β-unsaturated/α-hetero) is 1. The quantitative estimate of drug-likeness (QED) is 0.207. The van der Waals surface area contributed by atoms with Gasteiger partial charge in [0, 0.05) is 27.2 Å². The lowest BCUT2D eigenvalue weighted by atomic mass is 9.97. The highest BCUT2D eigenvalue weighted by molar-refractivity contribution is 8.00. The first kappa shape index (κ1) is 20.5. The lowest BCUT2D eigenvalue weighted by Crippen LogP contribution is -2.07. The largest absolute Gasteiger partial charge is 0.467 e. The van der Waals surface area contributed by atoms with Crippen LogP contribution in [0.3, 0.4) is 0 Å². The van der Waals surface area contributed by atoms with E-state index in [1.807, 2.05) is 39.0 Å². The van der Waals surface area contributed by atoms with Crippen molar-refractivity contribution < 1.29 is 9.21 Å². The number of fused-ring (bicyclic) bond motifs is 3. The molecule has 0 amide bonds. The summed E-state index contributed by atoms with van der Waals surface area (Å²) in [4.78, 5) is 25.1. The number of nitrogens with zero attached hydrogens (tertiary/aromatic N) is 3. The molecule has 0 aromatic carbocycles. The summed E-state index contributed by atoms with van der Waals surface area (Å²) >= 11 is 3.36. The predicted octanol–water partition coefficient (Wildman–Crippen LogP) is 5.91. The second-order valence-corrected chi connectivity index (χ2v) is 10.2. The maximum atomic E-state index is 13.2. The monoisotopic (exact) mass is 451 g/mol. The third-order valence-corrected chi connectivity index (χ3v) is 8.16. The minimum atomic E-state index is 0.136. The molecule has 5 rings (SSSR count). The first-order valence-corrected chi connectivity index (χ1v) is 12.5. The molecule has 1 aliphatic carbocycles. The molecule has 0 aliphatic heterocycles. The van der Waals surface area contributed by atoms with E-state index in [0.717, 1.165) is 51.2 Å². The second-order valence-electron chi connectivity index (χ2n) is 8.13. The highest BCUT2D eigenvalue weighted by Gasteiger charge is 2.22. The van der Waals surface area contributed by atoms with Crippen LogP contribution in [0.1, 0.15) is 56.6 Å². The van der Waals surface area contributed by atoms with Crippen molar-refractivity contribution >= 4 is 39.1 Å². The van der Waals surface area contributed by atoms with Crippen LogP contribution in [0.25, 0.3) is 10.2 Å². The van der Waals surface area contributed by atoms with E-state index in [9.17, 15) is 4.79 Å². The van der Waals surface area contributed by atoms with E-state index >= 15 is 0 Å². The minimum Gasteiger partial charge on any atom is -0.467 e. The molecular weight excluding hydrogens is 426 g/mol. The van der Waals surface area contributed by atoms with Gasteiger partial charge in [-0.1, -0.05) is 11.8 Å². The van der Waals surface area contributed by atoms with Gasteiger partial charge in [-0.3, -0.25) is 4.79 Å². The van der Waals surface area contributed by atoms with Gasteiger partial charge in [0.15, 0.2) is 5.78 Å². The van der Waals surface area contributed by atoms with Crippen molar-refractivity contribution in [3.05, 3.63) is 63.4 Å². The Morgan fingerprint density at radius 2 is 2.06 bits per heavy atom. The molecule has 4 aromatic heterocycles. The van der Waals surface area contributed by atoms with Crippen LogP contribution in [-0.2, 0) is 19.4 Å². The van der Waals surface area contributed by atoms with Crippen LogP contribution in [0.4, 0.5) is 0 Å². The number of carbonyl (C=O) groups is 1. The number of thiophene rings is 1. The summed E-state index contributed by atoms with van der Waals surface area (Å²) in [6.45, 7) is 6.62. The molecule has 4 aromatic rings. The molecule has 0 bridgehead atoms.